The molecule has 0 atom stereocenters. The summed E-state index contributed by atoms with van der Waals surface area (Å²) in [5.74, 6) is 1.98. The SMILES string of the molecule is COc1ccc(/C=C/c2nc(Nc3cccc(NC(C)=O)c3)c3ccccc3n2)cc1. The van der Waals surface area contributed by atoms with Crippen molar-refractivity contribution >= 4 is 46.2 Å². The topological polar surface area (TPSA) is 76.1 Å². The summed E-state index contributed by atoms with van der Waals surface area (Å²) in [5.41, 5.74) is 3.40. The summed E-state index contributed by atoms with van der Waals surface area (Å²) in [6.07, 6.45) is 3.85. The van der Waals surface area contributed by atoms with Gasteiger partial charge in [-0.25, -0.2) is 9.97 Å². The fraction of sp³-hybridized carbons (Fsp3) is 0.0800. The number of hydrogen-bond donors (Lipinski definition) is 2. The summed E-state index contributed by atoms with van der Waals surface area (Å²) in [5, 5.41) is 7.07. The molecule has 0 unspecified atom stereocenters. The van der Waals surface area contributed by atoms with Crippen molar-refractivity contribution in [1.82, 2.24) is 9.97 Å². The second kappa shape index (κ2) is 9.09. The Morgan fingerprint density at radius 1 is 0.903 bits per heavy atom. The van der Waals surface area contributed by atoms with E-state index in [1.807, 2.05) is 84.9 Å². The van der Waals surface area contributed by atoms with Crippen LogP contribution in [0.3, 0.4) is 0 Å². The van der Waals surface area contributed by atoms with Crippen LogP contribution in [0.25, 0.3) is 23.1 Å². The lowest BCUT2D eigenvalue weighted by Crippen LogP contribution is -2.06. The standard InChI is InChI=1S/C25H22N4O2/c1-17(30)26-19-6-5-7-20(16-19)27-25-22-8-3-4-9-23(22)28-24(29-25)15-12-18-10-13-21(31-2)14-11-18/h3-16H,1-2H3,(H,26,30)(H,27,28,29)/b15-12+. The number of benzene rings is 3. The van der Waals surface area contributed by atoms with E-state index in [1.54, 1.807) is 7.11 Å². The first-order valence-electron chi connectivity index (χ1n) is 9.84. The Morgan fingerprint density at radius 2 is 1.68 bits per heavy atom. The Morgan fingerprint density at radius 3 is 2.45 bits per heavy atom. The summed E-state index contributed by atoms with van der Waals surface area (Å²) < 4.78 is 5.20. The number of carbonyl (C=O) groups is 1. The molecule has 154 valence electrons. The van der Waals surface area contributed by atoms with Gasteiger partial charge in [-0.15, -0.1) is 0 Å². The van der Waals surface area contributed by atoms with Gasteiger partial charge in [0.05, 0.1) is 12.6 Å². The molecule has 0 aliphatic carbocycles. The predicted octanol–water partition coefficient (Wildman–Crippen LogP) is 5.51. The average molecular weight is 410 g/mol. The molecule has 0 radical (unpaired) electrons. The molecule has 0 aliphatic rings. The third kappa shape index (κ3) is 5.05. The van der Waals surface area contributed by atoms with Crippen molar-refractivity contribution in [3.05, 3.63) is 84.2 Å². The molecule has 0 spiro atoms. The van der Waals surface area contributed by atoms with Gasteiger partial charge in [0.1, 0.15) is 11.6 Å². The average Bonchev–Trinajstić information content (AvgIpc) is 2.78. The van der Waals surface area contributed by atoms with Gasteiger partial charge in [-0.05, 0) is 54.1 Å². The van der Waals surface area contributed by atoms with Crippen LogP contribution in [0, 0.1) is 0 Å². The zero-order chi connectivity index (χ0) is 21.6. The Bertz CT molecular complexity index is 1250. The van der Waals surface area contributed by atoms with Crippen LogP contribution in [0.15, 0.2) is 72.8 Å². The minimum absolute atomic E-state index is 0.115. The molecule has 1 heterocycles. The third-order valence-corrected chi connectivity index (χ3v) is 4.61. The lowest BCUT2D eigenvalue weighted by molar-refractivity contribution is -0.114. The number of hydrogen-bond acceptors (Lipinski definition) is 5. The number of para-hydroxylation sites is 1. The molecule has 0 saturated carbocycles. The van der Waals surface area contributed by atoms with Crippen LogP contribution in [-0.2, 0) is 4.79 Å². The maximum atomic E-state index is 11.4. The van der Waals surface area contributed by atoms with Crippen molar-refractivity contribution in [2.24, 2.45) is 0 Å². The van der Waals surface area contributed by atoms with Gasteiger partial charge < -0.3 is 15.4 Å². The summed E-state index contributed by atoms with van der Waals surface area (Å²) in [7, 11) is 1.65. The maximum absolute atomic E-state index is 11.4. The molecule has 0 bridgehead atoms. The normalized spacial score (nSPS) is 10.9. The van der Waals surface area contributed by atoms with Crippen LogP contribution < -0.4 is 15.4 Å². The van der Waals surface area contributed by atoms with Crippen molar-refractivity contribution in [2.45, 2.75) is 6.92 Å². The van der Waals surface area contributed by atoms with E-state index >= 15 is 0 Å². The first-order valence-corrected chi connectivity index (χ1v) is 9.84. The number of aromatic nitrogens is 2. The Kier molecular flexibility index (Phi) is 5.89. The van der Waals surface area contributed by atoms with Gasteiger partial charge in [0.2, 0.25) is 5.91 Å². The van der Waals surface area contributed by atoms with E-state index in [4.69, 9.17) is 9.72 Å². The number of amides is 1. The molecule has 31 heavy (non-hydrogen) atoms. The van der Waals surface area contributed by atoms with Crippen LogP contribution in [0.1, 0.15) is 18.3 Å². The summed E-state index contributed by atoms with van der Waals surface area (Å²) in [6.45, 7) is 1.49. The summed E-state index contributed by atoms with van der Waals surface area (Å²) in [6, 6.07) is 23.1. The van der Waals surface area contributed by atoms with Gasteiger partial charge in [0.25, 0.3) is 0 Å². The van der Waals surface area contributed by atoms with Crippen molar-refractivity contribution in [1.29, 1.82) is 0 Å². The Labute approximate surface area is 180 Å². The van der Waals surface area contributed by atoms with Crippen LogP contribution in [0.5, 0.6) is 5.75 Å². The number of carbonyl (C=O) groups excluding carboxylic acids is 1. The van der Waals surface area contributed by atoms with Crippen LogP contribution in [0.2, 0.25) is 0 Å². The fourth-order valence-corrected chi connectivity index (χ4v) is 3.16. The van der Waals surface area contributed by atoms with E-state index in [-0.39, 0.29) is 5.91 Å². The molecule has 3 aromatic carbocycles. The van der Waals surface area contributed by atoms with Gasteiger partial charge in [-0.1, -0.05) is 36.4 Å². The van der Waals surface area contributed by atoms with Gasteiger partial charge >= 0.3 is 0 Å². The van der Waals surface area contributed by atoms with E-state index < -0.39 is 0 Å². The molecule has 4 rings (SSSR count). The Balaban J connectivity index is 1.66. The maximum Gasteiger partial charge on any atom is 0.221 e. The molecule has 1 amide bonds. The largest absolute Gasteiger partial charge is 0.497 e. The number of methoxy groups -OCH3 is 1. The second-order valence-electron chi connectivity index (χ2n) is 6.94. The molecule has 6 nitrogen and oxygen atoms in total. The minimum Gasteiger partial charge on any atom is -0.497 e. The molecule has 1 aromatic heterocycles. The van der Waals surface area contributed by atoms with Gasteiger partial charge in [-0.3, -0.25) is 4.79 Å². The van der Waals surface area contributed by atoms with Gasteiger partial charge in [0, 0.05) is 23.7 Å². The van der Waals surface area contributed by atoms with E-state index in [1.165, 1.54) is 6.92 Å². The van der Waals surface area contributed by atoms with Crippen molar-refractivity contribution in [3.8, 4) is 5.75 Å². The van der Waals surface area contributed by atoms with Crippen molar-refractivity contribution in [2.75, 3.05) is 17.7 Å². The number of fused-ring (bicyclic) bond motifs is 1. The quantitative estimate of drug-likeness (QED) is 0.438. The zero-order valence-corrected chi connectivity index (χ0v) is 17.3. The van der Waals surface area contributed by atoms with Crippen molar-refractivity contribution < 1.29 is 9.53 Å². The summed E-state index contributed by atoms with van der Waals surface area (Å²) >= 11 is 0. The monoisotopic (exact) mass is 410 g/mol. The number of rotatable bonds is 6. The highest BCUT2D eigenvalue weighted by Crippen LogP contribution is 2.26. The van der Waals surface area contributed by atoms with Gasteiger partial charge in [-0.2, -0.15) is 0 Å². The first-order chi connectivity index (χ1) is 15.1. The van der Waals surface area contributed by atoms with Crippen LogP contribution in [-0.4, -0.2) is 23.0 Å². The first kappa shape index (κ1) is 20.1. The molecule has 0 fully saturated rings. The van der Waals surface area contributed by atoms with Crippen LogP contribution >= 0.6 is 0 Å². The fourth-order valence-electron chi connectivity index (χ4n) is 3.16. The second-order valence-corrected chi connectivity index (χ2v) is 6.94. The predicted molar refractivity (Wildman–Crippen MR) is 125 cm³/mol. The number of nitrogens with zero attached hydrogens (tertiary/aromatic N) is 2. The van der Waals surface area contributed by atoms with Gasteiger partial charge in [0.15, 0.2) is 5.82 Å². The van der Waals surface area contributed by atoms with E-state index in [9.17, 15) is 4.79 Å². The lowest BCUT2D eigenvalue weighted by atomic mass is 10.2. The zero-order valence-electron chi connectivity index (χ0n) is 17.3. The van der Waals surface area contributed by atoms with E-state index in [0.717, 1.165) is 33.6 Å². The smallest absolute Gasteiger partial charge is 0.221 e. The van der Waals surface area contributed by atoms with E-state index in [0.29, 0.717) is 11.6 Å². The van der Waals surface area contributed by atoms with Crippen LogP contribution in [0.4, 0.5) is 17.2 Å². The number of ether oxygens (including phenoxy) is 1. The van der Waals surface area contributed by atoms with E-state index in [2.05, 4.69) is 15.6 Å². The molecule has 4 aromatic rings. The highest BCUT2D eigenvalue weighted by molar-refractivity contribution is 5.93. The molecule has 6 heteroatoms. The highest BCUT2D eigenvalue weighted by atomic mass is 16.5. The number of nitrogens with one attached hydrogen (secondary N) is 2. The number of anilines is 3. The highest BCUT2D eigenvalue weighted by Gasteiger charge is 2.07. The molecular weight excluding hydrogens is 388 g/mol. The molecular formula is C25H22N4O2. The third-order valence-electron chi connectivity index (χ3n) is 4.61. The molecule has 2 N–H and O–H groups in total. The minimum atomic E-state index is -0.115. The van der Waals surface area contributed by atoms with Crippen molar-refractivity contribution in [3.63, 3.8) is 0 Å². The lowest BCUT2D eigenvalue weighted by Gasteiger charge is -2.11. The molecule has 0 saturated heterocycles. The summed E-state index contributed by atoms with van der Waals surface area (Å²) in [4.78, 5) is 20.7. The molecule has 0 aliphatic heterocycles. The Hall–Kier alpha value is -4.19.